The minimum absolute atomic E-state index is 0.0964. The lowest BCUT2D eigenvalue weighted by molar-refractivity contribution is -0.131. The molecule has 1 amide bonds. The Balaban J connectivity index is 2.16. The van der Waals surface area contributed by atoms with Crippen LogP contribution in [-0.4, -0.2) is 31.2 Å². The summed E-state index contributed by atoms with van der Waals surface area (Å²) in [5.74, 6) is -1.31. The van der Waals surface area contributed by atoms with Crippen molar-refractivity contribution in [2.24, 2.45) is 0 Å². The van der Waals surface area contributed by atoms with Crippen LogP contribution in [0.4, 0.5) is 21.6 Å². The fourth-order valence-corrected chi connectivity index (χ4v) is 3.24. The predicted octanol–water partition coefficient (Wildman–Crippen LogP) is 3.08. The van der Waals surface area contributed by atoms with Gasteiger partial charge in [-0.1, -0.05) is 11.6 Å². The van der Waals surface area contributed by atoms with Crippen molar-refractivity contribution in [1.82, 2.24) is 4.98 Å². The van der Waals surface area contributed by atoms with E-state index in [9.17, 15) is 17.6 Å². The van der Waals surface area contributed by atoms with Crippen molar-refractivity contribution >= 4 is 44.7 Å². The minimum atomic E-state index is -3.49. The third-order valence-electron chi connectivity index (χ3n) is 3.59. The number of anilines is 3. The van der Waals surface area contributed by atoms with Crippen molar-refractivity contribution in [3.05, 3.63) is 41.3 Å². The Kier molecular flexibility index (Phi) is 4.32. The van der Waals surface area contributed by atoms with Crippen molar-refractivity contribution < 1.29 is 22.3 Å². The maximum absolute atomic E-state index is 14.4. The van der Waals surface area contributed by atoms with Crippen molar-refractivity contribution in [1.29, 1.82) is 0 Å². The molecule has 10 heteroatoms. The number of halogens is 2. The van der Waals surface area contributed by atoms with Crippen LogP contribution in [-0.2, 0) is 14.8 Å². The molecule has 0 aliphatic carbocycles. The first kappa shape index (κ1) is 18.4. The Hall–Kier alpha value is -2.39. The number of hydrogen-bond donors (Lipinski definition) is 1. The third-order valence-corrected chi connectivity index (χ3v) is 4.40. The molecule has 0 bridgehead atoms. The third kappa shape index (κ3) is 3.45. The molecule has 26 heavy (non-hydrogen) atoms. The second-order valence-electron chi connectivity index (χ2n) is 6.27. The fraction of sp³-hybridized carbons (Fsp3) is 0.250. The zero-order valence-corrected chi connectivity index (χ0v) is 15.7. The summed E-state index contributed by atoms with van der Waals surface area (Å²) in [6.07, 6.45) is 2.25. The number of fused-ring (bicyclic) bond motifs is 1. The van der Waals surface area contributed by atoms with E-state index in [2.05, 4.69) is 9.71 Å². The lowest BCUT2D eigenvalue weighted by Crippen LogP contribution is -2.51. The van der Waals surface area contributed by atoms with Crippen molar-refractivity contribution in [3.63, 3.8) is 0 Å². The van der Waals surface area contributed by atoms with Gasteiger partial charge < -0.3 is 4.74 Å². The lowest BCUT2D eigenvalue weighted by Gasteiger charge is -2.38. The van der Waals surface area contributed by atoms with Gasteiger partial charge >= 0.3 is 0 Å². The van der Waals surface area contributed by atoms with Crippen LogP contribution in [0.25, 0.3) is 0 Å². The highest BCUT2D eigenvalue weighted by atomic mass is 35.5. The SMILES string of the molecule is CC1(C)Oc2cc(NS(C)(=O)=O)ccc2N(c2ncc(Cl)cc2F)C1=O. The van der Waals surface area contributed by atoms with Gasteiger partial charge in [0, 0.05) is 12.3 Å². The number of hydrogen-bond acceptors (Lipinski definition) is 5. The van der Waals surface area contributed by atoms with E-state index in [0.29, 0.717) is 0 Å². The van der Waals surface area contributed by atoms with Crippen molar-refractivity contribution in [2.45, 2.75) is 19.4 Å². The molecular formula is C16H15ClFN3O4S. The molecule has 1 aliphatic rings. The fourth-order valence-electron chi connectivity index (χ4n) is 2.54. The average Bonchev–Trinajstić information content (AvgIpc) is 2.48. The van der Waals surface area contributed by atoms with Gasteiger partial charge in [-0.3, -0.25) is 14.4 Å². The summed E-state index contributed by atoms with van der Waals surface area (Å²) in [6.45, 7) is 3.05. The van der Waals surface area contributed by atoms with Gasteiger partial charge in [-0.2, -0.15) is 0 Å². The van der Waals surface area contributed by atoms with E-state index in [-0.39, 0.29) is 28.0 Å². The molecule has 0 atom stereocenters. The Labute approximate surface area is 154 Å². The number of rotatable bonds is 3. The maximum Gasteiger partial charge on any atom is 0.276 e. The summed E-state index contributed by atoms with van der Waals surface area (Å²) < 4.78 is 45.3. The highest BCUT2D eigenvalue weighted by molar-refractivity contribution is 7.92. The van der Waals surface area contributed by atoms with Gasteiger partial charge in [-0.15, -0.1) is 0 Å². The Morgan fingerprint density at radius 1 is 1.31 bits per heavy atom. The number of pyridine rings is 1. The van der Waals surface area contributed by atoms with Crippen LogP contribution in [0.1, 0.15) is 13.8 Å². The topological polar surface area (TPSA) is 88.6 Å². The molecule has 1 aromatic carbocycles. The molecule has 7 nitrogen and oxygen atoms in total. The zero-order chi connectivity index (χ0) is 19.3. The van der Waals surface area contributed by atoms with E-state index in [1.165, 1.54) is 38.2 Å². The summed E-state index contributed by atoms with van der Waals surface area (Å²) in [4.78, 5) is 17.8. The summed E-state index contributed by atoms with van der Waals surface area (Å²) in [6, 6.07) is 5.37. The van der Waals surface area contributed by atoms with Gasteiger partial charge in [0.25, 0.3) is 5.91 Å². The number of benzene rings is 1. The second kappa shape index (κ2) is 6.10. The molecule has 0 fully saturated rings. The van der Waals surface area contributed by atoms with Crippen LogP contribution in [0, 0.1) is 5.82 Å². The van der Waals surface area contributed by atoms with Crippen LogP contribution in [0.5, 0.6) is 5.75 Å². The molecule has 0 unspecified atom stereocenters. The Morgan fingerprint density at radius 3 is 2.62 bits per heavy atom. The molecule has 3 rings (SSSR count). The molecule has 2 aromatic rings. The lowest BCUT2D eigenvalue weighted by atomic mass is 10.0. The van der Waals surface area contributed by atoms with E-state index < -0.39 is 27.3 Å². The standard InChI is InChI=1S/C16H15ClFN3O4S/c1-16(2)15(22)21(14-11(18)6-9(17)8-19-14)12-5-4-10(7-13(12)25-16)20-26(3,23)24/h4-8,20H,1-3H3. The van der Waals surface area contributed by atoms with Gasteiger partial charge in [0.05, 0.1) is 22.7 Å². The molecule has 0 spiro atoms. The average molecular weight is 400 g/mol. The molecule has 1 aliphatic heterocycles. The van der Waals surface area contributed by atoms with E-state index in [1.54, 1.807) is 0 Å². The van der Waals surface area contributed by atoms with Crippen LogP contribution < -0.4 is 14.4 Å². The number of nitrogens with zero attached hydrogens (tertiary/aromatic N) is 2. The summed E-state index contributed by atoms with van der Waals surface area (Å²) in [5, 5.41) is 0.0964. The zero-order valence-electron chi connectivity index (χ0n) is 14.1. The van der Waals surface area contributed by atoms with Gasteiger partial charge in [0.1, 0.15) is 5.75 Å². The quantitative estimate of drug-likeness (QED) is 0.856. The van der Waals surface area contributed by atoms with E-state index in [4.69, 9.17) is 16.3 Å². The van der Waals surface area contributed by atoms with Crippen LogP contribution >= 0.6 is 11.6 Å². The molecule has 2 heterocycles. The number of ether oxygens (including phenoxy) is 1. The number of amides is 1. The number of carbonyl (C=O) groups excluding carboxylic acids is 1. The minimum Gasteiger partial charge on any atom is -0.476 e. The normalized spacial score (nSPS) is 16.0. The monoisotopic (exact) mass is 399 g/mol. The van der Waals surface area contributed by atoms with Gasteiger partial charge in [-0.25, -0.2) is 17.8 Å². The van der Waals surface area contributed by atoms with Gasteiger partial charge in [0.2, 0.25) is 10.0 Å². The van der Waals surface area contributed by atoms with E-state index in [1.807, 2.05) is 0 Å². The number of aromatic nitrogens is 1. The van der Waals surface area contributed by atoms with E-state index in [0.717, 1.165) is 17.2 Å². The highest BCUT2D eigenvalue weighted by Crippen LogP contribution is 2.43. The molecule has 138 valence electrons. The molecule has 1 N–H and O–H groups in total. The Bertz CT molecular complexity index is 1010. The van der Waals surface area contributed by atoms with Crippen LogP contribution in [0.3, 0.4) is 0 Å². The highest BCUT2D eigenvalue weighted by Gasteiger charge is 2.43. The smallest absolute Gasteiger partial charge is 0.276 e. The number of nitrogens with one attached hydrogen (secondary N) is 1. The van der Waals surface area contributed by atoms with Gasteiger partial charge in [0.15, 0.2) is 17.2 Å². The second-order valence-corrected chi connectivity index (χ2v) is 8.45. The summed E-state index contributed by atoms with van der Waals surface area (Å²) in [5.41, 5.74) is -0.826. The van der Waals surface area contributed by atoms with Gasteiger partial charge in [-0.05, 0) is 32.0 Å². The Morgan fingerprint density at radius 2 is 2.00 bits per heavy atom. The van der Waals surface area contributed by atoms with Crippen molar-refractivity contribution in [2.75, 3.05) is 15.9 Å². The number of sulfonamides is 1. The molecule has 0 saturated carbocycles. The first-order chi connectivity index (χ1) is 12.0. The van der Waals surface area contributed by atoms with Crippen LogP contribution in [0.2, 0.25) is 5.02 Å². The first-order valence-electron chi connectivity index (χ1n) is 7.44. The summed E-state index contributed by atoms with van der Waals surface area (Å²) in [7, 11) is -3.49. The molecule has 1 aromatic heterocycles. The first-order valence-corrected chi connectivity index (χ1v) is 9.71. The van der Waals surface area contributed by atoms with Crippen LogP contribution in [0.15, 0.2) is 30.5 Å². The predicted molar refractivity (Wildman–Crippen MR) is 96.0 cm³/mol. The van der Waals surface area contributed by atoms with Crippen molar-refractivity contribution in [3.8, 4) is 5.75 Å². The molecule has 0 radical (unpaired) electrons. The largest absolute Gasteiger partial charge is 0.476 e. The summed E-state index contributed by atoms with van der Waals surface area (Å²) >= 11 is 5.74. The maximum atomic E-state index is 14.4. The molecular weight excluding hydrogens is 385 g/mol. The number of carbonyl (C=O) groups is 1. The molecule has 0 saturated heterocycles. The van der Waals surface area contributed by atoms with E-state index >= 15 is 0 Å².